The number of nitrogens with zero attached hydrogens (tertiary/aromatic N) is 1. The normalized spacial score (nSPS) is 20.9. The van der Waals surface area contributed by atoms with Crippen LogP contribution in [0.1, 0.15) is 25.3 Å². The first kappa shape index (κ1) is 22.5. The first-order valence-electron chi connectivity index (χ1n) is 9.98. The summed E-state index contributed by atoms with van der Waals surface area (Å²) in [4.78, 5) is 24.7. The second kappa shape index (κ2) is 8.34. The number of fused-ring (bicyclic) bond motifs is 1. The number of rotatable bonds is 4. The molecule has 2 aromatic carbocycles. The van der Waals surface area contributed by atoms with Gasteiger partial charge in [0.2, 0.25) is 15.9 Å². The Morgan fingerprint density at radius 3 is 2.78 bits per heavy atom. The quantitative estimate of drug-likeness (QED) is 0.697. The lowest BCUT2D eigenvalue weighted by atomic mass is 10.1. The van der Waals surface area contributed by atoms with Gasteiger partial charge in [-0.25, -0.2) is 12.8 Å². The van der Waals surface area contributed by atoms with E-state index in [0.29, 0.717) is 24.1 Å². The van der Waals surface area contributed by atoms with Crippen LogP contribution in [0.5, 0.6) is 5.75 Å². The molecule has 2 aliphatic rings. The molecule has 0 radical (unpaired) electrons. The molecular formula is C21H21ClFN3O5S. The summed E-state index contributed by atoms with van der Waals surface area (Å²) in [6.07, 6.45) is 0.0939. The highest BCUT2D eigenvalue weighted by molar-refractivity contribution is 7.89. The minimum atomic E-state index is -4.04. The van der Waals surface area contributed by atoms with Crippen molar-refractivity contribution >= 4 is 44.8 Å². The van der Waals surface area contributed by atoms with E-state index in [1.165, 1.54) is 24.3 Å². The highest BCUT2D eigenvalue weighted by Gasteiger charge is 2.41. The summed E-state index contributed by atoms with van der Waals surface area (Å²) in [6, 6.07) is 5.73. The minimum absolute atomic E-state index is 0.00382. The molecule has 11 heteroatoms. The Morgan fingerprint density at radius 1 is 1.31 bits per heavy atom. The van der Waals surface area contributed by atoms with Gasteiger partial charge in [0, 0.05) is 18.3 Å². The summed E-state index contributed by atoms with van der Waals surface area (Å²) < 4.78 is 47.1. The molecule has 0 spiro atoms. The van der Waals surface area contributed by atoms with Crippen molar-refractivity contribution in [2.24, 2.45) is 0 Å². The predicted octanol–water partition coefficient (Wildman–Crippen LogP) is 3.30. The van der Waals surface area contributed by atoms with Crippen LogP contribution in [0.2, 0.25) is 5.02 Å². The van der Waals surface area contributed by atoms with E-state index in [1.807, 2.05) is 0 Å². The van der Waals surface area contributed by atoms with E-state index < -0.39 is 33.9 Å². The standard InChI is InChI=1S/C21H21ClFN3O5S/c1-11-8-16-18(31-12(2)20(27)25-16)10-19(11)32(29,30)26-7-3-4-17(26)21(28)24-13-5-6-15(23)14(22)9-13/h5-6,8-10,12,17H,3-4,7H2,1-2H3,(H,24,28)(H,25,27)/t12-,17+/m0/s1. The topological polar surface area (TPSA) is 105 Å². The molecule has 0 aromatic heterocycles. The number of hydrogen-bond acceptors (Lipinski definition) is 5. The molecule has 2 amide bonds. The van der Waals surface area contributed by atoms with Gasteiger partial charge in [0.1, 0.15) is 17.6 Å². The van der Waals surface area contributed by atoms with E-state index in [-0.39, 0.29) is 33.8 Å². The molecule has 2 heterocycles. The Bertz CT molecular complexity index is 1220. The van der Waals surface area contributed by atoms with Crippen molar-refractivity contribution in [1.29, 1.82) is 0 Å². The number of amides is 2. The van der Waals surface area contributed by atoms with Crippen LogP contribution in [0.3, 0.4) is 0 Å². The molecule has 1 saturated heterocycles. The van der Waals surface area contributed by atoms with Gasteiger partial charge < -0.3 is 15.4 Å². The highest BCUT2D eigenvalue weighted by atomic mass is 35.5. The fraction of sp³-hybridized carbons (Fsp3) is 0.333. The number of aryl methyl sites for hydroxylation is 1. The molecule has 32 heavy (non-hydrogen) atoms. The van der Waals surface area contributed by atoms with Gasteiger partial charge in [-0.1, -0.05) is 11.6 Å². The first-order valence-corrected chi connectivity index (χ1v) is 11.8. The van der Waals surface area contributed by atoms with Crippen LogP contribution in [0.4, 0.5) is 15.8 Å². The van der Waals surface area contributed by atoms with Crippen LogP contribution < -0.4 is 15.4 Å². The van der Waals surface area contributed by atoms with Gasteiger partial charge in [0.05, 0.1) is 15.6 Å². The van der Waals surface area contributed by atoms with Crippen LogP contribution >= 0.6 is 11.6 Å². The summed E-state index contributed by atoms with van der Waals surface area (Å²) in [6.45, 7) is 3.35. The molecule has 0 saturated carbocycles. The molecule has 8 nitrogen and oxygen atoms in total. The summed E-state index contributed by atoms with van der Waals surface area (Å²) >= 11 is 5.76. The van der Waals surface area contributed by atoms with Crippen molar-refractivity contribution < 1.29 is 27.1 Å². The largest absolute Gasteiger partial charge is 0.479 e. The Labute approximate surface area is 189 Å². The van der Waals surface area contributed by atoms with E-state index in [1.54, 1.807) is 13.8 Å². The molecule has 2 atom stereocenters. The lowest BCUT2D eigenvalue weighted by Crippen LogP contribution is -2.43. The average Bonchev–Trinajstić information content (AvgIpc) is 3.22. The second-order valence-corrected chi connectivity index (χ2v) is 10.0. The summed E-state index contributed by atoms with van der Waals surface area (Å²) in [7, 11) is -4.04. The van der Waals surface area contributed by atoms with Gasteiger partial charge in [-0.05, 0) is 56.5 Å². The predicted molar refractivity (Wildman–Crippen MR) is 117 cm³/mol. The molecular weight excluding hydrogens is 461 g/mol. The summed E-state index contributed by atoms with van der Waals surface area (Å²) in [5, 5.41) is 5.15. The third-order valence-corrected chi connectivity index (χ3v) is 7.83. The molecule has 2 aromatic rings. The fourth-order valence-electron chi connectivity index (χ4n) is 3.84. The van der Waals surface area contributed by atoms with Crippen LogP contribution in [-0.2, 0) is 19.6 Å². The van der Waals surface area contributed by atoms with Crippen molar-refractivity contribution in [2.75, 3.05) is 17.2 Å². The average molecular weight is 482 g/mol. The Hall–Kier alpha value is -2.69. The molecule has 0 bridgehead atoms. The monoisotopic (exact) mass is 481 g/mol. The fourth-order valence-corrected chi connectivity index (χ4v) is 5.90. The van der Waals surface area contributed by atoms with Gasteiger partial charge in [0.25, 0.3) is 5.91 Å². The van der Waals surface area contributed by atoms with Crippen molar-refractivity contribution in [3.8, 4) is 5.75 Å². The number of hydrogen-bond donors (Lipinski definition) is 2. The van der Waals surface area contributed by atoms with Crippen molar-refractivity contribution in [2.45, 2.75) is 43.7 Å². The second-order valence-electron chi connectivity index (χ2n) is 7.76. The van der Waals surface area contributed by atoms with E-state index in [2.05, 4.69) is 10.6 Å². The Kier molecular flexibility index (Phi) is 5.87. The number of benzene rings is 2. The number of ether oxygens (including phenoxy) is 1. The Morgan fingerprint density at radius 2 is 2.06 bits per heavy atom. The van der Waals surface area contributed by atoms with E-state index in [4.69, 9.17) is 16.3 Å². The first-order chi connectivity index (χ1) is 15.1. The van der Waals surface area contributed by atoms with Crippen molar-refractivity contribution in [3.05, 3.63) is 46.7 Å². The maximum atomic E-state index is 13.5. The number of sulfonamides is 1. The zero-order chi connectivity index (χ0) is 23.2. The zero-order valence-corrected chi connectivity index (χ0v) is 18.9. The SMILES string of the molecule is Cc1cc2c(cc1S(=O)(=O)N1CCC[C@@H]1C(=O)Nc1ccc(F)c(Cl)c1)O[C@@H](C)C(=O)N2. The maximum absolute atomic E-state index is 13.5. The maximum Gasteiger partial charge on any atom is 0.265 e. The smallest absolute Gasteiger partial charge is 0.265 e. The van der Waals surface area contributed by atoms with Crippen LogP contribution in [0, 0.1) is 12.7 Å². The van der Waals surface area contributed by atoms with Gasteiger partial charge in [-0.3, -0.25) is 9.59 Å². The molecule has 0 aliphatic carbocycles. The van der Waals surface area contributed by atoms with Crippen LogP contribution in [0.15, 0.2) is 35.2 Å². The number of carbonyl (C=O) groups excluding carboxylic acids is 2. The summed E-state index contributed by atoms with van der Waals surface area (Å²) in [5.41, 5.74) is 1.08. The van der Waals surface area contributed by atoms with Crippen molar-refractivity contribution in [3.63, 3.8) is 0 Å². The summed E-state index contributed by atoms with van der Waals surface area (Å²) in [5.74, 6) is -1.21. The number of anilines is 2. The molecule has 2 N–H and O–H groups in total. The van der Waals surface area contributed by atoms with E-state index in [9.17, 15) is 22.4 Å². The number of nitrogens with one attached hydrogen (secondary N) is 2. The van der Waals surface area contributed by atoms with E-state index in [0.717, 1.165) is 10.4 Å². The molecule has 0 unspecified atom stereocenters. The molecule has 1 fully saturated rings. The third kappa shape index (κ3) is 4.05. The lowest BCUT2D eigenvalue weighted by Gasteiger charge is -2.27. The van der Waals surface area contributed by atoms with Gasteiger partial charge in [-0.2, -0.15) is 4.31 Å². The molecule has 170 valence electrons. The van der Waals surface area contributed by atoms with Gasteiger partial charge in [0.15, 0.2) is 6.10 Å². The number of halogens is 2. The van der Waals surface area contributed by atoms with Crippen molar-refractivity contribution in [1.82, 2.24) is 4.31 Å². The van der Waals surface area contributed by atoms with Gasteiger partial charge >= 0.3 is 0 Å². The number of carbonyl (C=O) groups is 2. The van der Waals surface area contributed by atoms with Crippen LogP contribution in [0.25, 0.3) is 0 Å². The third-order valence-electron chi connectivity index (χ3n) is 5.49. The highest BCUT2D eigenvalue weighted by Crippen LogP contribution is 2.37. The lowest BCUT2D eigenvalue weighted by molar-refractivity contribution is -0.122. The van der Waals surface area contributed by atoms with Gasteiger partial charge in [-0.15, -0.1) is 0 Å². The minimum Gasteiger partial charge on any atom is -0.479 e. The molecule has 4 rings (SSSR count). The zero-order valence-electron chi connectivity index (χ0n) is 17.3. The molecule has 2 aliphatic heterocycles. The van der Waals surface area contributed by atoms with E-state index >= 15 is 0 Å². The Balaban J connectivity index is 1.62. The van der Waals surface area contributed by atoms with Crippen LogP contribution in [-0.4, -0.2) is 43.2 Å².